The number of benzene rings is 1. The maximum Gasteiger partial charge on any atom is 0.153 e. The zero-order valence-electron chi connectivity index (χ0n) is 14.8. The highest BCUT2D eigenvalue weighted by Crippen LogP contribution is 2.33. The molecule has 4 nitrogen and oxygen atoms in total. The zero-order chi connectivity index (χ0) is 17.1. The predicted molar refractivity (Wildman–Crippen MR) is 102 cm³/mol. The third-order valence-corrected chi connectivity index (χ3v) is 5.84. The molecule has 1 aliphatic heterocycles. The zero-order valence-corrected chi connectivity index (χ0v) is 15.6. The summed E-state index contributed by atoms with van der Waals surface area (Å²) in [6.45, 7) is 3.86. The fourth-order valence-corrected chi connectivity index (χ4v) is 3.72. The molecule has 2 aliphatic rings. The lowest BCUT2D eigenvalue weighted by atomic mass is 10.0. The van der Waals surface area contributed by atoms with E-state index in [1.165, 1.54) is 18.5 Å². The first-order chi connectivity index (χ1) is 11.6. The average Bonchev–Trinajstić information content (AvgIpc) is 3.43. The van der Waals surface area contributed by atoms with Crippen LogP contribution >= 0.6 is 0 Å². The summed E-state index contributed by atoms with van der Waals surface area (Å²) in [6, 6.07) is 6.17. The minimum atomic E-state index is -0.938. The Kier molecular flexibility index (Phi) is 5.41. The summed E-state index contributed by atoms with van der Waals surface area (Å²) >= 11 is -0.938. The lowest BCUT2D eigenvalue weighted by molar-refractivity contribution is 0.481. The Morgan fingerprint density at radius 2 is 2.12 bits per heavy atom. The van der Waals surface area contributed by atoms with Crippen LogP contribution in [-0.4, -0.2) is 42.4 Å². The Hall–Kier alpha value is -1.59. The van der Waals surface area contributed by atoms with Gasteiger partial charge in [-0.3, -0.25) is 0 Å². The van der Waals surface area contributed by atoms with Crippen LogP contribution in [0.4, 0.5) is 5.69 Å². The van der Waals surface area contributed by atoms with E-state index in [-0.39, 0.29) is 0 Å². The molecule has 1 saturated carbocycles. The molecule has 130 valence electrons. The molecule has 24 heavy (non-hydrogen) atoms. The fraction of sp³-hybridized carbons (Fsp3) is 0.474. The Morgan fingerprint density at radius 3 is 2.79 bits per heavy atom. The number of allylic oxidation sites excluding steroid dienone is 2. The van der Waals surface area contributed by atoms with Gasteiger partial charge in [-0.05, 0) is 55.1 Å². The number of nitrogens with zero attached hydrogens (tertiary/aromatic N) is 1. The lowest BCUT2D eigenvalue weighted by Crippen LogP contribution is -2.25. The van der Waals surface area contributed by atoms with Crippen molar-refractivity contribution in [2.45, 2.75) is 24.7 Å². The number of hydrogen-bond acceptors (Lipinski definition) is 4. The molecule has 0 radical (unpaired) electrons. The smallest absolute Gasteiger partial charge is 0.153 e. The molecule has 1 unspecified atom stereocenters. The van der Waals surface area contributed by atoms with E-state index in [9.17, 15) is 4.55 Å². The maximum atomic E-state index is 12.3. The first-order valence-corrected chi connectivity index (χ1v) is 9.99. The van der Waals surface area contributed by atoms with E-state index >= 15 is 0 Å². The van der Waals surface area contributed by atoms with Gasteiger partial charge in [-0.15, -0.1) is 0 Å². The first-order valence-electron chi connectivity index (χ1n) is 8.67. The summed E-state index contributed by atoms with van der Waals surface area (Å²) in [6.07, 6.45) is 7.01. The number of anilines is 1. The minimum Gasteiger partial charge on any atom is -0.611 e. The number of hydrogen-bond donors (Lipinski definition) is 2. The highest BCUT2D eigenvalue weighted by atomic mass is 32.2. The summed E-state index contributed by atoms with van der Waals surface area (Å²) in [5, 5.41) is 6.86. The molecular formula is C19H27N3OS. The molecule has 1 atom stereocenters. The SMILES string of the molecule is CC[S+]([O-])c1ccc(NCC2CC2)c(C2=CN(C)CC(NC)=C2)c1. The fourth-order valence-electron chi connectivity index (χ4n) is 2.92. The van der Waals surface area contributed by atoms with Crippen LogP contribution in [0.3, 0.4) is 0 Å². The van der Waals surface area contributed by atoms with Gasteiger partial charge in [0.2, 0.25) is 0 Å². The molecule has 3 rings (SSSR count). The molecule has 5 heteroatoms. The normalized spacial score (nSPS) is 18.8. The summed E-state index contributed by atoms with van der Waals surface area (Å²) in [5.74, 6) is 1.46. The van der Waals surface area contributed by atoms with Crippen molar-refractivity contribution in [3.63, 3.8) is 0 Å². The second kappa shape index (κ2) is 7.53. The van der Waals surface area contributed by atoms with Crippen LogP contribution in [0.1, 0.15) is 25.3 Å². The Morgan fingerprint density at radius 1 is 1.33 bits per heavy atom. The van der Waals surface area contributed by atoms with Gasteiger partial charge in [-0.2, -0.15) is 0 Å². The van der Waals surface area contributed by atoms with Crippen molar-refractivity contribution in [1.82, 2.24) is 10.2 Å². The molecule has 1 aromatic rings. The van der Waals surface area contributed by atoms with Crippen LogP contribution in [0.15, 0.2) is 41.1 Å². The highest BCUT2D eigenvalue weighted by Gasteiger charge is 2.22. The van der Waals surface area contributed by atoms with Gasteiger partial charge in [0.1, 0.15) is 5.75 Å². The van der Waals surface area contributed by atoms with Crippen LogP contribution in [-0.2, 0) is 11.2 Å². The number of nitrogens with one attached hydrogen (secondary N) is 2. The summed E-state index contributed by atoms with van der Waals surface area (Å²) in [5.41, 5.74) is 4.60. The third-order valence-electron chi connectivity index (χ3n) is 4.54. The quantitative estimate of drug-likeness (QED) is 0.746. The average molecular weight is 346 g/mol. The minimum absolute atomic E-state index is 0.644. The molecule has 1 heterocycles. The van der Waals surface area contributed by atoms with Gasteiger partial charge in [0.05, 0.1) is 6.54 Å². The van der Waals surface area contributed by atoms with Gasteiger partial charge in [-0.25, -0.2) is 0 Å². The molecule has 1 aromatic carbocycles. The van der Waals surface area contributed by atoms with Gasteiger partial charge in [0.15, 0.2) is 4.90 Å². The summed E-state index contributed by atoms with van der Waals surface area (Å²) in [4.78, 5) is 3.08. The van der Waals surface area contributed by atoms with E-state index in [1.54, 1.807) is 0 Å². The molecule has 1 fully saturated rings. The molecule has 0 saturated heterocycles. The molecule has 2 N–H and O–H groups in total. The largest absolute Gasteiger partial charge is 0.611 e. The Labute approximate surface area is 148 Å². The van der Waals surface area contributed by atoms with Crippen molar-refractivity contribution < 1.29 is 4.55 Å². The van der Waals surface area contributed by atoms with Crippen LogP contribution in [0, 0.1) is 5.92 Å². The molecular weight excluding hydrogens is 318 g/mol. The second-order valence-corrected chi connectivity index (χ2v) is 8.32. The van der Waals surface area contributed by atoms with E-state index in [1.807, 2.05) is 20.0 Å². The maximum absolute atomic E-state index is 12.3. The Balaban J connectivity index is 1.96. The van der Waals surface area contributed by atoms with Crippen molar-refractivity contribution in [2.75, 3.05) is 38.3 Å². The lowest BCUT2D eigenvalue weighted by Gasteiger charge is -2.25. The number of rotatable bonds is 7. The van der Waals surface area contributed by atoms with E-state index in [2.05, 4.69) is 47.0 Å². The predicted octanol–water partition coefficient (Wildman–Crippen LogP) is 3.03. The number of likely N-dealkylation sites (N-methyl/N-ethyl adjacent to an activating group) is 2. The van der Waals surface area contributed by atoms with Gasteiger partial charge >= 0.3 is 0 Å². The van der Waals surface area contributed by atoms with E-state index in [0.717, 1.165) is 40.7 Å². The van der Waals surface area contributed by atoms with Crippen LogP contribution in [0.2, 0.25) is 0 Å². The molecule has 0 aromatic heterocycles. The highest BCUT2D eigenvalue weighted by molar-refractivity contribution is 7.91. The van der Waals surface area contributed by atoms with Crippen LogP contribution in [0.5, 0.6) is 0 Å². The van der Waals surface area contributed by atoms with Crippen molar-refractivity contribution in [1.29, 1.82) is 0 Å². The first kappa shape index (κ1) is 17.2. The summed E-state index contributed by atoms with van der Waals surface area (Å²) < 4.78 is 12.3. The van der Waals surface area contributed by atoms with Gasteiger partial charge in [0, 0.05) is 55.4 Å². The van der Waals surface area contributed by atoms with Gasteiger partial charge in [0.25, 0.3) is 0 Å². The molecule has 0 bridgehead atoms. The van der Waals surface area contributed by atoms with Crippen molar-refractivity contribution >= 4 is 22.4 Å². The van der Waals surface area contributed by atoms with Gasteiger partial charge in [-0.1, -0.05) is 0 Å². The van der Waals surface area contributed by atoms with Crippen LogP contribution in [0.25, 0.3) is 5.57 Å². The van der Waals surface area contributed by atoms with Crippen molar-refractivity contribution in [3.8, 4) is 0 Å². The van der Waals surface area contributed by atoms with Gasteiger partial charge < -0.3 is 20.1 Å². The standard InChI is InChI=1S/C19H27N3OS/c1-4-24(23)17-7-8-19(21-11-14-5-6-14)18(10-17)15-9-16(20-2)13-22(3)12-15/h7-10,12,14,20-21H,4-6,11,13H2,1-3H3. The van der Waals surface area contributed by atoms with E-state index in [4.69, 9.17) is 0 Å². The molecule has 0 spiro atoms. The Bertz CT molecular complexity index is 652. The van der Waals surface area contributed by atoms with Crippen molar-refractivity contribution in [2.24, 2.45) is 5.92 Å². The van der Waals surface area contributed by atoms with Crippen molar-refractivity contribution in [3.05, 3.63) is 41.7 Å². The molecule has 0 amide bonds. The third kappa shape index (κ3) is 4.08. The van der Waals surface area contributed by atoms with Crippen LogP contribution < -0.4 is 10.6 Å². The topological polar surface area (TPSA) is 50.4 Å². The summed E-state index contributed by atoms with van der Waals surface area (Å²) in [7, 11) is 4.03. The monoisotopic (exact) mass is 345 g/mol. The molecule has 1 aliphatic carbocycles. The van der Waals surface area contributed by atoms with E-state index < -0.39 is 11.2 Å². The second-order valence-electron chi connectivity index (χ2n) is 6.58. The van der Waals surface area contributed by atoms with E-state index in [0.29, 0.717) is 5.75 Å².